The molecule has 1 unspecified atom stereocenters. The van der Waals surface area contributed by atoms with Gasteiger partial charge in [-0.1, -0.05) is 0 Å². The van der Waals surface area contributed by atoms with Gasteiger partial charge in [0, 0.05) is 17.6 Å². The van der Waals surface area contributed by atoms with E-state index in [0.717, 1.165) is 14.8 Å². The third-order valence-corrected chi connectivity index (χ3v) is 3.70. The second-order valence-corrected chi connectivity index (χ2v) is 5.63. The van der Waals surface area contributed by atoms with Crippen LogP contribution in [0.2, 0.25) is 0 Å². The number of carbonyl (C=O) groups is 3. The summed E-state index contributed by atoms with van der Waals surface area (Å²) in [6, 6.07) is -1.63. The monoisotopic (exact) mass is 298 g/mol. The van der Waals surface area contributed by atoms with Crippen LogP contribution in [0.3, 0.4) is 0 Å². The lowest BCUT2D eigenvalue weighted by molar-refractivity contribution is -0.144. The van der Waals surface area contributed by atoms with Crippen molar-refractivity contribution in [3.05, 3.63) is 16.1 Å². The first-order chi connectivity index (χ1) is 9.47. The summed E-state index contributed by atoms with van der Waals surface area (Å²) in [5.41, 5.74) is 0. The number of thiazole rings is 1. The standard InChI is InChI=1S/C11H14N4O4S/c1-6-2-13-9(20-6)4-14-11(19)15-5-8(16)12-3-7(15)10(17)18/h2,7H,3-5H2,1H3,(H,12,16)(H,14,19)(H,17,18). The number of carboxylic acids is 1. The first-order valence-corrected chi connectivity index (χ1v) is 6.74. The molecule has 1 atom stereocenters. The molecule has 3 N–H and O–H groups in total. The van der Waals surface area contributed by atoms with Gasteiger partial charge in [-0.3, -0.25) is 9.69 Å². The Kier molecular flexibility index (Phi) is 4.18. The van der Waals surface area contributed by atoms with E-state index in [9.17, 15) is 14.4 Å². The van der Waals surface area contributed by atoms with Crippen molar-refractivity contribution in [2.75, 3.05) is 13.1 Å². The molecule has 1 aliphatic heterocycles. The van der Waals surface area contributed by atoms with Crippen molar-refractivity contribution in [2.24, 2.45) is 0 Å². The average Bonchev–Trinajstić information content (AvgIpc) is 2.81. The van der Waals surface area contributed by atoms with Gasteiger partial charge < -0.3 is 15.7 Å². The van der Waals surface area contributed by atoms with Gasteiger partial charge in [-0.05, 0) is 6.92 Å². The smallest absolute Gasteiger partial charge is 0.328 e. The second kappa shape index (κ2) is 5.87. The van der Waals surface area contributed by atoms with E-state index in [0.29, 0.717) is 0 Å². The molecule has 2 heterocycles. The minimum Gasteiger partial charge on any atom is -0.480 e. The highest BCUT2D eigenvalue weighted by Gasteiger charge is 2.35. The van der Waals surface area contributed by atoms with Crippen molar-refractivity contribution in [1.29, 1.82) is 0 Å². The lowest BCUT2D eigenvalue weighted by Gasteiger charge is -2.32. The van der Waals surface area contributed by atoms with Crippen LogP contribution >= 0.6 is 11.3 Å². The highest BCUT2D eigenvalue weighted by molar-refractivity contribution is 7.11. The summed E-state index contributed by atoms with van der Waals surface area (Å²) >= 11 is 1.44. The Morgan fingerprint density at radius 1 is 1.65 bits per heavy atom. The van der Waals surface area contributed by atoms with Crippen LogP contribution in [0.5, 0.6) is 0 Å². The van der Waals surface area contributed by atoms with E-state index in [1.165, 1.54) is 11.3 Å². The number of carbonyl (C=O) groups excluding carboxylic acids is 2. The minimum absolute atomic E-state index is 0.0854. The van der Waals surface area contributed by atoms with E-state index >= 15 is 0 Å². The molecule has 1 aromatic heterocycles. The second-order valence-electron chi connectivity index (χ2n) is 4.31. The summed E-state index contributed by atoms with van der Waals surface area (Å²) in [7, 11) is 0. The van der Waals surface area contributed by atoms with Crippen molar-refractivity contribution in [3.63, 3.8) is 0 Å². The van der Waals surface area contributed by atoms with Gasteiger partial charge in [0.15, 0.2) is 0 Å². The number of nitrogens with zero attached hydrogens (tertiary/aromatic N) is 2. The minimum atomic E-state index is -1.15. The molecule has 20 heavy (non-hydrogen) atoms. The zero-order chi connectivity index (χ0) is 14.7. The maximum atomic E-state index is 12.0. The molecule has 8 nitrogen and oxygen atoms in total. The Bertz CT molecular complexity index is 544. The number of rotatable bonds is 3. The molecule has 1 saturated heterocycles. The average molecular weight is 298 g/mol. The molecule has 0 radical (unpaired) electrons. The van der Waals surface area contributed by atoms with Crippen LogP contribution < -0.4 is 10.6 Å². The highest BCUT2D eigenvalue weighted by Crippen LogP contribution is 2.11. The predicted molar refractivity (Wildman–Crippen MR) is 70.2 cm³/mol. The van der Waals surface area contributed by atoms with Crippen LogP contribution in [0, 0.1) is 6.92 Å². The molecule has 108 valence electrons. The van der Waals surface area contributed by atoms with Crippen LogP contribution in [-0.2, 0) is 16.1 Å². The van der Waals surface area contributed by atoms with Gasteiger partial charge in [0.25, 0.3) is 0 Å². The number of aliphatic carboxylic acids is 1. The van der Waals surface area contributed by atoms with Crippen molar-refractivity contribution >= 4 is 29.2 Å². The SMILES string of the molecule is Cc1cnc(CNC(=O)N2CC(=O)NCC2C(=O)O)s1. The van der Waals surface area contributed by atoms with Crippen molar-refractivity contribution in [2.45, 2.75) is 19.5 Å². The molecule has 1 aromatic rings. The summed E-state index contributed by atoms with van der Waals surface area (Å²) in [6.45, 7) is 1.76. The number of amides is 3. The normalized spacial score (nSPS) is 18.6. The fourth-order valence-electron chi connectivity index (χ4n) is 1.81. The number of aromatic nitrogens is 1. The highest BCUT2D eigenvalue weighted by atomic mass is 32.1. The van der Waals surface area contributed by atoms with Crippen LogP contribution in [0.4, 0.5) is 4.79 Å². The van der Waals surface area contributed by atoms with Gasteiger partial charge in [0.1, 0.15) is 17.6 Å². The quantitative estimate of drug-likeness (QED) is 0.699. The zero-order valence-corrected chi connectivity index (χ0v) is 11.6. The summed E-state index contributed by atoms with van der Waals surface area (Å²) in [4.78, 5) is 40.5. The molecule has 3 amide bonds. The lowest BCUT2D eigenvalue weighted by atomic mass is 10.2. The van der Waals surface area contributed by atoms with E-state index in [2.05, 4.69) is 15.6 Å². The Labute approximate surface area is 118 Å². The molecule has 2 rings (SSSR count). The number of hydrogen-bond donors (Lipinski definition) is 3. The van der Waals surface area contributed by atoms with Crippen LogP contribution in [0.15, 0.2) is 6.20 Å². The summed E-state index contributed by atoms with van der Waals surface area (Å²) in [5, 5.41) is 14.8. The largest absolute Gasteiger partial charge is 0.480 e. The van der Waals surface area contributed by atoms with Gasteiger partial charge in [-0.15, -0.1) is 11.3 Å². The van der Waals surface area contributed by atoms with Crippen LogP contribution in [0.1, 0.15) is 9.88 Å². The van der Waals surface area contributed by atoms with Gasteiger partial charge >= 0.3 is 12.0 Å². The molecule has 0 spiro atoms. The van der Waals surface area contributed by atoms with Gasteiger partial charge in [0.2, 0.25) is 5.91 Å². The number of urea groups is 1. The van der Waals surface area contributed by atoms with E-state index in [1.807, 2.05) is 6.92 Å². The van der Waals surface area contributed by atoms with E-state index in [4.69, 9.17) is 5.11 Å². The first-order valence-electron chi connectivity index (χ1n) is 5.92. The topological polar surface area (TPSA) is 112 Å². The van der Waals surface area contributed by atoms with Crippen LogP contribution in [-0.4, -0.2) is 52.0 Å². The van der Waals surface area contributed by atoms with Crippen LogP contribution in [0.25, 0.3) is 0 Å². The number of aryl methyl sites for hydroxylation is 1. The summed E-state index contributed by atoms with van der Waals surface area (Å²) < 4.78 is 0. The third-order valence-electron chi connectivity index (χ3n) is 2.79. The molecule has 1 aliphatic rings. The number of carboxylic acid groups (broad SMARTS) is 1. The Hall–Kier alpha value is -2.16. The lowest BCUT2D eigenvalue weighted by Crippen LogP contribution is -2.61. The molecule has 9 heteroatoms. The van der Waals surface area contributed by atoms with E-state index in [1.54, 1.807) is 6.20 Å². The molecule has 1 fully saturated rings. The molecule has 0 aliphatic carbocycles. The van der Waals surface area contributed by atoms with Gasteiger partial charge in [-0.2, -0.15) is 0 Å². The summed E-state index contributed by atoms with van der Waals surface area (Å²) in [6.07, 6.45) is 1.69. The zero-order valence-electron chi connectivity index (χ0n) is 10.8. The van der Waals surface area contributed by atoms with Crippen molar-refractivity contribution in [3.8, 4) is 0 Å². The number of piperazine rings is 1. The predicted octanol–water partition coefficient (Wildman–Crippen LogP) is -0.454. The Morgan fingerprint density at radius 3 is 3.00 bits per heavy atom. The molecular formula is C11H14N4O4S. The Balaban J connectivity index is 1.98. The van der Waals surface area contributed by atoms with Crippen molar-refractivity contribution < 1.29 is 19.5 Å². The van der Waals surface area contributed by atoms with E-state index < -0.39 is 18.0 Å². The van der Waals surface area contributed by atoms with E-state index in [-0.39, 0.29) is 25.5 Å². The first kappa shape index (κ1) is 14.3. The summed E-state index contributed by atoms with van der Waals surface area (Å²) in [5.74, 6) is -1.52. The molecule has 0 bridgehead atoms. The fraction of sp³-hybridized carbons (Fsp3) is 0.455. The maximum absolute atomic E-state index is 12.0. The Morgan fingerprint density at radius 2 is 2.40 bits per heavy atom. The van der Waals surface area contributed by atoms with Gasteiger partial charge in [-0.25, -0.2) is 14.6 Å². The fourth-order valence-corrected chi connectivity index (χ4v) is 2.54. The van der Waals surface area contributed by atoms with Crippen molar-refractivity contribution in [1.82, 2.24) is 20.5 Å². The molecule has 0 saturated carbocycles. The van der Waals surface area contributed by atoms with Gasteiger partial charge in [0.05, 0.1) is 6.54 Å². The number of hydrogen-bond acceptors (Lipinski definition) is 5. The maximum Gasteiger partial charge on any atom is 0.328 e. The third kappa shape index (κ3) is 3.23. The molecule has 0 aromatic carbocycles. The number of nitrogens with one attached hydrogen (secondary N) is 2. The molecular weight excluding hydrogens is 284 g/mol.